The van der Waals surface area contributed by atoms with Crippen molar-refractivity contribution in [3.8, 4) is 0 Å². The molecule has 0 aliphatic carbocycles. The van der Waals surface area contributed by atoms with Crippen LogP contribution in [0, 0.1) is 0 Å². The predicted molar refractivity (Wildman–Crippen MR) is 63.7 cm³/mol. The lowest BCUT2D eigenvalue weighted by atomic mass is 9.96. The zero-order chi connectivity index (χ0) is 11.3. The highest BCUT2D eigenvalue weighted by molar-refractivity contribution is 9.10. The molecule has 1 atom stereocenters. The number of hydrogen-bond acceptors (Lipinski definition) is 2. The van der Waals surface area contributed by atoms with E-state index in [1.54, 1.807) is 6.08 Å². The van der Waals surface area contributed by atoms with E-state index >= 15 is 0 Å². The quantitative estimate of drug-likeness (QED) is 0.619. The van der Waals surface area contributed by atoms with Crippen LogP contribution in [-0.2, 0) is 9.53 Å². The van der Waals surface area contributed by atoms with Crippen LogP contribution < -0.4 is 0 Å². The van der Waals surface area contributed by atoms with E-state index in [0.29, 0.717) is 6.42 Å². The molecule has 0 bridgehead atoms. The summed E-state index contributed by atoms with van der Waals surface area (Å²) in [5.41, 5.74) is 0.941. The molecule has 0 aromatic heterocycles. The standard InChI is InChI=1S/C12H13BrO2/c1-3-5-11(12(14)15-2)9-6-4-7-10(13)8-9/h3-4,6-8,11H,1,5H2,2H3. The molecule has 3 heteroatoms. The monoisotopic (exact) mass is 268 g/mol. The largest absolute Gasteiger partial charge is 0.469 e. The summed E-state index contributed by atoms with van der Waals surface area (Å²) in [5.74, 6) is -0.488. The topological polar surface area (TPSA) is 26.3 Å². The lowest BCUT2D eigenvalue weighted by Crippen LogP contribution is -2.13. The third kappa shape index (κ3) is 3.20. The summed E-state index contributed by atoms with van der Waals surface area (Å²) >= 11 is 3.37. The van der Waals surface area contributed by atoms with Gasteiger partial charge in [0.25, 0.3) is 0 Å². The van der Waals surface area contributed by atoms with Crippen molar-refractivity contribution >= 4 is 21.9 Å². The Morgan fingerprint density at radius 1 is 1.67 bits per heavy atom. The third-order valence-electron chi connectivity index (χ3n) is 2.14. The van der Waals surface area contributed by atoms with Crippen LogP contribution in [0.1, 0.15) is 17.9 Å². The van der Waals surface area contributed by atoms with Gasteiger partial charge in [0.15, 0.2) is 0 Å². The van der Waals surface area contributed by atoms with Crippen LogP contribution in [0.25, 0.3) is 0 Å². The summed E-state index contributed by atoms with van der Waals surface area (Å²) in [5, 5.41) is 0. The summed E-state index contributed by atoms with van der Waals surface area (Å²) < 4.78 is 5.71. The number of hydrogen-bond donors (Lipinski definition) is 0. The van der Waals surface area contributed by atoms with E-state index in [0.717, 1.165) is 10.0 Å². The predicted octanol–water partition coefficient (Wildman–Crippen LogP) is 3.28. The number of carbonyl (C=O) groups excluding carboxylic acids is 1. The van der Waals surface area contributed by atoms with E-state index in [-0.39, 0.29) is 11.9 Å². The molecule has 0 fully saturated rings. The van der Waals surface area contributed by atoms with E-state index in [9.17, 15) is 4.79 Å². The van der Waals surface area contributed by atoms with Gasteiger partial charge in [-0.05, 0) is 24.1 Å². The molecule has 1 unspecified atom stereocenters. The van der Waals surface area contributed by atoms with Crippen LogP contribution in [0.3, 0.4) is 0 Å². The van der Waals surface area contributed by atoms with Gasteiger partial charge in [-0.15, -0.1) is 6.58 Å². The molecule has 0 saturated carbocycles. The van der Waals surface area contributed by atoms with Crippen LogP contribution in [0.2, 0.25) is 0 Å². The Bertz CT molecular complexity index is 360. The van der Waals surface area contributed by atoms with Crippen molar-refractivity contribution in [2.24, 2.45) is 0 Å². The van der Waals surface area contributed by atoms with E-state index in [4.69, 9.17) is 4.74 Å². The molecule has 15 heavy (non-hydrogen) atoms. The number of rotatable bonds is 4. The summed E-state index contributed by atoms with van der Waals surface area (Å²) in [6.07, 6.45) is 2.31. The Labute approximate surface area is 98.1 Å². The van der Waals surface area contributed by atoms with Crippen molar-refractivity contribution in [2.45, 2.75) is 12.3 Å². The maximum Gasteiger partial charge on any atom is 0.313 e. The molecular formula is C12H13BrO2. The van der Waals surface area contributed by atoms with Crippen LogP contribution in [-0.4, -0.2) is 13.1 Å². The first-order valence-corrected chi connectivity index (χ1v) is 5.42. The Hall–Kier alpha value is -1.09. The number of carbonyl (C=O) groups is 1. The van der Waals surface area contributed by atoms with Gasteiger partial charge in [-0.1, -0.05) is 34.1 Å². The van der Waals surface area contributed by atoms with Crippen molar-refractivity contribution < 1.29 is 9.53 Å². The number of esters is 1. The minimum Gasteiger partial charge on any atom is -0.469 e. The van der Waals surface area contributed by atoms with Crippen LogP contribution in [0.4, 0.5) is 0 Å². The van der Waals surface area contributed by atoms with Gasteiger partial charge in [0.05, 0.1) is 13.0 Å². The van der Waals surface area contributed by atoms with E-state index in [1.807, 2.05) is 24.3 Å². The highest BCUT2D eigenvalue weighted by atomic mass is 79.9. The molecular weight excluding hydrogens is 256 g/mol. The molecule has 0 aliphatic rings. The van der Waals surface area contributed by atoms with Gasteiger partial charge >= 0.3 is 5.97 Å². The zero-order valence-electron chi connectivity index (χ0n) is 8.57. The summed E-state index contributed by atoms with van der Waals surface area (Å²) in [6.45, 7) is 3.65. The molecule has 1 aromatic rings. The molecule has 0 radical (unpaired) electrons. The SMILES string of the molecule is C=CCC(C(=O)OC)c1cccc(Br)c1. The van der Waals surface area contributed by atoms with Crippen molar-refractivity contribution in [1.29, 1.82) is 0 Å². The number of ether oxygens (including phenoxy) is 1. The van der Waals surface area contributed by atoms with Gasteiger partial charge in [0.2, 0.25) is 0 Å². The van der Waals surface area contributed by atoms with Gasteiger partial charge in [-0.2, -0.15) is 0 Å². The summed E-state index contributed by atoms with van der Waals surface area (Å²) in [4.78, 5) is 11.5. The molecule has 1 rings (SSSR count). The first-order chi connectivity index (χ1) is 7.19. The van der Waals surface area contributed by atoms with Gasteiger partial charge in [0, 0.05) is 4.47 Å². The maximum absolute atomic E-state index is 11.5. The lowest BCUT2D eigenvalue weighted by molar-refractivity contribution is -0.142. The summed E-state index contributed by atoms with van der Waals surface area (Å²) in [6, 6.07) is 7.66. The molecule has 0 spiro atoms. The Balaban J connectivity index is 2.98. The fraction of sp³-hybridized carbons (Fsp3) is 0.250. The van der Waals surface area contributed by atoms with E-state index < -0.39 is 0 Å². The number of methoxy groups -OCH3 is 1. The van der Waals surface area contributed by atoms with Gasteiger partial charge in [-0.3, -0.25) is 4.79 Å². The minimum atomic E-state index is -0.259. The number of allylic oxidation sites excluding steroid dienone is 1. The molecule has 2 nitrogen and oxygen atoms in total. The fourth-order valence-electron chi connectivity index (χ4n) is 1.40. The lowest BCUT2D eigenvalue weighted by Gasteiger charge is -2.13. The minimum absolute atomic E-state index is 0.229. The van der Waals surface area contributed by atoms with Gasteiger partial charge < -0.3 is 4.74 Å². The average molecular weight is 269 g/mol. The van der Waals surface area contributed by atoms with Crippen molar-refractivity contribution in [2.75, 3.05) is 7.11 Å². The summed E-state index contributed by atoms with van der Waals surface area (Å²) in [7, 11) is 1.40. The second-order valence-corrected chi connectivity index (χ2v) is 4.07. The first-order valence-electron chi connectivity index (χ1n) is 4.63. The highest BCUT2D eigenvalue weighted by Gasteiger charge is 2.19. The molecule has 0 aliphatic heterocycles. The number of halogens is 1. The maximum atomic E-state index is 11.5. The molecule has 0 amide bonds. The molecule has 80 valence electrons. The highest BCUT2D eigenvalue weighted by Crippen LogP contribution is 2.24. The second-order valence-electron chi connectivity index (χ2n) is 3.16. The van der Waals surface area contributed by atoms with Gasteiger partial charge in [0.1, 0.15) is 0 Å². The van der Waals surface area contributed by atoms with Crippen molar-refractivity contribution in [3.05, 3.63) is 47.0 Å². The smallest absolute Gasteiger partial charge is 0.313 e. The average Bonchev–Trinajstić information content (AvgIpc) is 2.25. The molecule has 1 aromatic carbocycles. The molecule has 0 N–H and O–H groups in total. The van der Waals surface area contributed by atoms with E-state index in [1.165, 1.54) is 7.11 Å². The Kier molecular flexibility index (Phi) is 4.56. The van der Waals surface area contributed by atoms with Crippen LogP contribution >= 0.6 is 15.9 Å². The normalized spacial score (nSPS) is 11.9. The Morgan fingerprint density at radius 2 is 2.40 bits per heavy atom. The molecule has 0 saturated heterocycles. The zero-order valence-corrected chi connectivity index (χ0v) is 10.2. The van der Waals surface area contributed by atoms with Crippen LogP contribution in [0.15, 0.2) is 41.4 Å². The first kappa shape index (κ1) is 12.0. The van der Waals surface area contributed by atoms with Crippen molar-refractivity contribution in [1.82, 2.24) is 0 Å². The molecule has 0 heterocycles. The third-order valence-corrected chi connectivity index (χ3v) is 2.63. The van der Waals surface area contributed by atoms with Crippen LogP contribution in [0.5, 0.6) is 0 Å². The Morgan fingerprint density at radius 3 is 2.93 bits per heavy atom. The number of benzene rings is 1. The van der Waals surface area contributed by atoms with Crippen molar-refractivity contribution in [3.63, 3.8) is 0 Å². The second kappa shape index (κ2) is 5.71. The van der Waals surface area contributed by atoms with E-state index in [2.05, 4.69) is 22.5 Å². The van der Waals surface area contributed by atoms with Gasteiger partial charge in [-0.25, -0.2) is 0 Å². The fourth-order valence-corrected chi connectivity index (χ4v) is 1.82.